The van der Waals surface area contributed by atoms with Gasteiger partial charge >= 0.3 is 0 Å². The van der Waals surface area contributed by atoms with E-state index in [9.17, 15) is 13.2 Å². The van der Waals surface area contributed by atoms with Gasteiger partial charge in [0, 0.05) is 32.4 Å². The van der Waals surface area contributed by atoms with Gasteiger partial charge in [-0.1, -0.05) is 0 Å². The monoisotopic (exact) mass is 305 g/mol. The third-order valence-electron chi connectivity index (χ3n) is 3.86. The highest BCUT2D eigenvalue weighted by Crippen LogP contribution is 2.35. The van der Waals surface area contributed by atoms with Gasteiger partial charge in [-0.15, -0.1) is 0 Å². The van der Waals surface area contributed by atoms with E-state index in [1.165, 1.54) is 0 Å². The fraction of sp³-hybridized carbons (Fsp3) is 0.923. The summed E-state index contributed by atoms with van der Waals surface area (Å²) < 4.78 is 33.9. The highest BCUT2D eigenvalue weighted by atomic mass is 32.2. The minimum Gasteiger partial charge on any atom is -0.376 e. The third kappa shape index (κ3) is 3.93. The zero-order chi connectivity index (χ0) is 14.8. The number of sulfone groups is 1. The highest BCUT2D eigenvalue weighted by molar-refractivity contribution is 7.91. The first kappa shape index (κ1) is 15.7. The molecule has 1 spiro atoms. The molecule has 0 radical (unpaired) electrons. The summed E-state index contributed by atoms with van der Waals surface area (Å²) in [5.41, 5.74) is -0.342. The summed E-state index contributed by atoms with van der Waals surface area (Å²) in [6.07, 6.45) is 3.70. The Morgan fingerprint density at radius 3 is 2.90 bits per heavy atom. The fourth-order valence-corrected chi connectivity index (χ4v) is 3.69. The van der Waals surface area contributed by atoms with E-state index in [4.69, 9.17) is 9.47 Å². The molecular weight excluding hydrogens is 282 g/mol. The lowest BCUT2D eigenvalue weighted by Crippen LogP contribution is -2.51. The molecule has 0 aromatic rings. The van der Waals surface area contributed by atoms with Crippen molar-refractivity contribution in [3.63, 3.8) is 0 Å². The Morgan fingerprint density at radius 2 is 2.25 bits per heavy atom. The van der Waals surface area contributed by atoms with E-state index in [2.05, 4.69) is 0 Å². The minimum atomic E-state index is -3.28. The second kappa shape index (κ2) is 5.99. The number of ether oxygens (including phenoxy) is 2. The zero-order valence-electron chi connectivity index (χ0n) is 12.1. The number of carbonyl (C=O) groups is 1. The van der Waals surface area contributed by atoms with Crippen molar-refractivity contribution in [2.45, 2.75) is 37.9 Å². The van der Waals surface area contributed by atoms with Crippen LogP contribution >= 0.6 is 0 Å². The number of amides is 1. The number of rotatable bonds is 4. The molecule has 0 unspecified atom stereocenters. The summed E-state index contributed by atoms with van der Waals surface area (Å²) in [6, 6.07) is 0. The van der Waals surface area contributed by atoms with Gasteiger partial charge in [-0.05, 0) is 19.8 Å². The van der Waals surface area contributed by atoms with E-state index in [1.807, 2.05) is 6.92 Å². The van der Waals surface area contributed by atoms with Gasteiger partial charge in [0.2, 0.25) is 5.91 Å². The van der Waals surface area contributed by atoms with Crippen molar-refractivity contribution >= 4 is 15.7 Å². The molecule has 2 atom stereocenters. The molecule has 6 nitrogen and oxygen atoms in total. The molecule has 1 amide bonds. The predicted octanol–water partition coefficient (Wildman–Crippen LogP) is 0.218. The molecule has 116 valence electrons. The number of carbonyl (C=O) groups excluding carboxylic acids is 1. The summed E-state index contributed by atoms with van der Waals surface area (Å²) in [6.45, 7) is 4.25. The second-order valence-electron chi connectivity index (χ2n) is 5.76. The van der Waals surface area contributed by atoms with Gasteiger partial charge < -0.3 is 14.4 Å². The Labute approximate surface area is 120 Å². The molecule has 2 heterocycles. The van der Waals surface area contributed by atoms with E-state index >= 15 is 0 Å². The molecule has 0 N–H and O–H groups in total. The summed E-state index contributed by atoms with van der Waals surface area (Å²) in [5, 5.41) is 0. The normalized spacial score (nSPS) is 30.9. The average molecular weight is 305 g/mol. The van der Waals surface area contributed by atoms with E-state index in [-0.39, 0.29) is 17.6 Å². The van der Waals surface area contributed by atoms with Crippen molar-refractivity contribution in [2.75, 3.05) is 38.3 Å². The molecule has 2 aliphatic heterocycles. The van der Waals surface area contributed by atoms with Gasteiger partial charge in [0.15, 0.2) is 9.84 Å². The number of nitrogens with zero attached hydrogens (tertiary/aromatic N) is 1. The van der Waals surface area contributed by atoms with Crippen LogP contribution in [0.15, 0.2) is 0 Å². The van der Waals surface area contributed by atoms with E-state index < -0.39 is 15.6 Å². The van der Waals surface area contributed by atoms with E-state index in [0.717, 1.165) is 25.5 Å². The van der Waals surface area contributed by atoms with Crippen LogP contribution in [0.4, 0.5) is 0 Å². The molecule has 0 aliphatic carbocycles. The topological polar surface area (TPSA) is 72.9 Å². The second-order valence-corrected chi connectivity index (χ2v) is 7.90. The van der Waals surface area contributed by atoms with Crippen LogP contribution in [0, 0.1) is 0 Å². The maximum absolute atomic E-state index is 12.0. The van der Waals surface area contributed by atoms with Crippen LogP contribution in [0.3, 0.4) is 0 Å². The van der Waals surface area contributed by atoms with Crippen molar-refractivity contribution in [1.29, 1.82) is 0 Å². The molecular formula is C13H23NO5S. The van der Waals surface area contributed by atoms with Crippen molar-refractivity contribution in [1.82, 2.24) is 4.90 Å². The minimum absolute atomic E-state index is 0.0879. The van der Waals surface area contributed by atoms with Gasteiger partial charge in [-0.3, -0.25) is 4.79 Å². The lowest BCUT2D eigenvalue weighted by molar-refractivity contribution is -0.136. The zero-order valence-corrected chi connectivity index (χ0v) is 12.9. The quantitative estimate of drug-likeness (QED) is 0.743. The Hall–Kier alpha value is -0.660. The summed E-state index contributed by atoms with van der Waals surface area (Å²) in [4.78, 5) is 13.6. The van der Waals surface area contributed by atoms with Crippen LogP contribution in [-0.2, 0) is 24.1 Å². The van der Waals surface area contributed by atoms with Crippen LogP contribution in [0.1, 0.15) is 26.2 Å². The van der Waals surface area contributed by atoms with Gasteiger partial charge in [0.25, 0.3) is 0 Å². The van der Waals surface area contributed by atoms with Crippen LogP contribution in [-0.4, -0.2) is 69.2 Å². The first-order valence-corrected chi connectivity index (χ1v) is 9.11. The molecule has 0 bridgehead atoms. The van der Waals surface area contributed by atoms with Gasteiger partial charge in [-0.2, -0.15) is 0 Å². The van der Waals surface area contributed by atoms with Gasteiger partial charge in [-0.25, -0.2) is 8.42 Å². The largest absolute Gasteiger partial charge is 0.376 e. The number of piperidine rings is 1. The molecule has 0 saturated carbocycles. The van der Waals surface area contributed by atoms with Crippen molar-refractivity contribution < 1.29 is 22.7 Å². The maximum atomic E-state index is 12.0. The van der Waals surface area contributed by atoms with Crippen molar-refractivity contribution in [3.05, 3.63) is 0 Å². The smallest absolute Gasteiger partial charge is 0.237 e. The molecule has 2 rings (SSSR count). The summed E-state index contributed by atoms with van der Waals surface area (Å²) in [5.74, 6) is -0.743. The van der Waals surface area contributed by atoms with E-state index in [1.54, 1.807) is 4.90 Å². The third-order valence-corrected chi connectivity index (χ3v) is 4.63. The standard InChI is InChI=1S/C13H23NO5S/c1-3-18-11-7-13(19-8-11)5-4-6-14(10-13)12(15)9-20(2,16)17/h11H,3-10H2,1-2H3/t11-,13-/m0/s1. The Balaban J connectivity index is 1.97. The van der Waals surface area contributed by atoms with Crippen molar-refractivity contribution in [3.8, 4) is 0 Å². The molecule has 2 aliphatic rings. The molecule has 7 heteroatoms. The maximum Gasteiger partial charge on any atom is 0.237 e. The van der Waals surface area contributed by atoms with Crippen LogP contribution < -0.4 is 0 Å². The first-order valence-electron chi connectivity index (χ1n) is 7.05. The summed E-state index contributed by atoms with van der Waals surface area (Å²) >= 11 is 0. The molecule has 2 saturated heterocycles. The van der Waals surface area contributed by atoms with Gasteiger partial charge in [0.1, 0.15) is 5.75 Å². The lowest BCUT2D eigenvalue weighted by Gasteiger charge is -2.39. The SMILES string of the molecule is CCO[C@@H]1CO[C@@]2(CCCN(C(=O)CS(C)(=O)=O)C2)C1. The number of likely N-dealkylation sites (tertiary alicyclic amines) is 1. The Morgan fingerprint density at radius 1 is 1.50 bits per heavy atom. The molecule has 20 heavy (non-hydrogen) atoms. The number of hydrogen-bond acceptors (Lipinski definition) is 5. The predicted molar refractivity (Wildman–Crippen MR) is 74.2 cm³/mol. The van der Waals surface area contributed by atoms with Gasteiger partial charge in [0.05, 0.1) is 18.3 Å². The Bertz CT molecular complexity index is 463. The lowest BCUT2D eigenvalue weighted by atomic mass is 9.89. The first-order chi connectivity index (χ1) is 9.34. The molecule has 0 aromatic heterocycles. The highest BCUT2D eigenvalue weighted by Gasteiger charge is 2.44. The Kier molecular flexibility index (Phi) is 4.71. The van der Waals surface area contributed by atoms with Crippen LogP contribution in [0.5, 0.6) is 0 Å². The van der Waals surface area contributed by atoms with E-state index in [0.29, 0.717) is 26.3 Å². The van der Waals surface area contributed by atoms with Crippen LogP contribution in [0.25, 0.3) is 0 Å². The molecule has 0 aromatic carbocycles. The van der Waals surface area contributed by atoms with Crippen LogP contribution in [0.2, 0.25) is 0 Å². The summed E-state index contributed by atoms with van der Waals surface area (Å²) in [7, 11) is -3.28. The fourth-order valence-electron chi connectivity index (χ4n) is 3.06. The molecule has 2 fully saturated rings. The van der Waals surface area contributed by atoms with Crippen molar-refractivity contribution in [2.24, 2.45) is 0 Å². The average Bonchev–Trinajstić information content (AvgIpc) is 2.70. The number of hydrogen-bond donors (Lipinski definition) is 0.